The molecule has 0 aromatic carbocycles. The first-order valence-corrected chi connectivity index (χ1v) is 5.49. The maximum atomic E-state index is 11.4. The predicted octanol–water partition coefficient (Wildman–Crippen LogP) is 0.0336. The number of esters is 2. The van der Waals surface area contributed by atoms with Gasteiger partial charge in [0.15, 0.2) is 12.4 Å². The maximum Gasteiger partial charge on any atom is 0.323 e. The maximum absolute atomic E-state index is 11.4. The molecule has 0 heterocycles. The highest BCUT2D eigenvalue weighted by Crippen LogP contribution is 2.05. The minimum atomic E-state index is -1.13. The van der Waals surface area contributed by atoms with E-state index in [9.17, 15) is 14.4 Å². The lowest BCUT2D eigenvalue weighted by Crippen LogP contribution is -2.39. The number of ether oxygens (including phenoxy) is 2. The zero-order chi connectivity index (χ0) is 13.4. The van der Waals surface area contributed by atoms with Crippen LogP contribution in [0.15, 0.2) is 0 Å². The van der Waals surface area contributed by atoms with Gasteiger partial charge in [0, 0.05) is 0 Å². The first-order chi connectivity index (χ1) is 7.92. The third kappa shape index (κ3) is 6.01. The highest BCUT2D eigenvalue weighted by Gasteiger charge is 2.24. The molecule has 0 radical (unpaired) electrons. The third-order valence-electron chi connectivity index (χ3n) is 2.08. The Morgan fingerprint density at radius 2 is 1.94 bits per heavy atom. The molecule has 0 bridgehead atoms. The second kappa shape index (κ2) is 7.78. The van der Waals surface area contributed by atoms with E-state index in [1.807, 2.05) is 0 Å². The number of carbonyl (C=O) groups excluding carboxylic acids is 3. The Labute approximate surface area is 100 Å². The van der Waals surface area contributed by atoms with Crippen LogP contribution in [0.5, 0.6) is 0 Å². The van der Waals surface area contributed by atoms with Gasteiger partial charge >= 0.3 is 11.9 Å². The van der Waals surface area contributed by atoms with E-state index in [1.165, 1.54) is 0 Å². The average Bonchev–Trinajstić information content (AvgIpc) is 2.26. The number of nitrogens with two attached hydrogens (primary N) is 1. The molecule has 2 atom stereocenters. The van der Waals surface area contributed by atoms with Gasteiger partial charge in [-0.2, -0.15) is 0 Å². The topological polar surface area (TPSA) is 95.7 Å². The van der Waals surface area contributed by atoms with Crippen molar-refractivity contribution in [2.45, 2.75) is 39.3 Å². The molecule has 2 N–H and O–H groups in total. The monoisotopic (exact) mass is 245 g/mol. The lowest BCUT2D eigenvalue weighted by atomic mass is 10.1. The van der Waals surface area contributed by atoms with Crippen molar-refractivity contribution in [1.82, 2.24) is 0 Å². The summed E-state index contributed by atoms with van der Waals surface area (Å²) in [5, 5.41) is 0. The number of hydrogen-bond acceptors (Lipinski definition) is 6. The highest BCUT2D eigenvalue weighted by molar-refractivity contribution is 5.80. The van der Waals surface area contributed by atoms with Crippen molar-refractivity contribution in [3.8, 4) is 0 Å². The van der Waals surface area contributed by atoms with E-state index in [-0.39, 0.29) is 18.9 Å². The molecule has 0 aliphatic heterocycles. The summed E-state index contributed by atoms with van der Waals surface area (Å²) >= 11 is 0. The summed E-state index contributed by atoms with van der Waals surface area (Å²) in [6.07, 6.45) is -1.03. The van der Waals surface area contributed by atoms with Crippen LogP contribution in [0.25, 0.3) is 0 Å². The van der Waals surface area contributed by atoms with E-state index >= 15 is 0 Å². The van der Waals surface area contributed by atoms with Crippen LogP contribution < -0.4 is 5.73 Å². The summed E-state index contributed by atoms with van der Waals surface area (Å²) in [5.74, 6) is -1.38. The van der Waals surface area contributed by atoms with Gasteiger partial charge in [0.25, 0.3) is 0 Å². The highest BCUT2D eigenvalue weighted by atomic mass is 16.6. The van der Waals surface area contributed by atoms with Gasteiger partial charge < -0.3 is 15.2 Å². The van der Waals surface area contributed by atoms with Crippen molar-refractivity contribution in [1.29, 1.82) is 0 Å². The zero-order valence-electron chi connectivity index (χ0n) is 10.3. The van der Waals surface area contributed by atoms with E-state index in [2.05, 4.69) is 4.74 Å². The quantitative estimate of drug-likeness (QED) is 0.502. The van der Waals surface area contributed by atoms with Crippen LogP contribution in [0.1, 0.15) is 27.2 Å². The van der Waals surface area contributed by atoms with Crippen LogP contribution in [0.3, 0.4) is 0 Å². The normalized spacial score (nSPS) is 13.9. The second-order valence-corrected chi connectivity index (χ2v) is 3.89. The summed E-state index contributed by atoms with van der Waals surface area (Å²) in [5.41, 5.74) is 5.55. The number of carbonyl (C=O) groups is 3. The van der Waals surface area contributed by atoms with E-state index in [0.717, 1.165) is 0 Å². The molecule has 0 aromatic rings. The second-order valence-electron chi connectivity index (χ2n) is 3.89. The Bertz CT molecular complexity index is 277. The van der Waals surface area contributed by atoms with Gasteiger partial charge in [0.1, 0.15) is 6.04 Å². The van der Waals surface area contributed by atoms with Crippen LogP contribution in [0.2, 0.25) is 0 Å². The molecule has 1 unspecified atom stereocenters. The Balaban J connectivity index is 4.26. The minimum Gasteiger partial charge on any atom is -0.466 e. The van der Waals surface area contributed by atoms with Gasteiger partial charge in [0.05, 0.1) is 13.0 Å². The Morgan fingerprint density at radius 1 is 1.35 bits per heavy atom. The molecule has 0 rings (SSSR count). The van der Waals surface area contributed by atoms with E-state index in [1.54, 1.807) is 20.8 Å². The minimum absolute atomic E-state index is 0.0996. The van der Waals surface area contributed by atoms with E-state index in [0.29, 0.717) is 6.29 Å². The van der Waals surface area contributed by atoms with Crippen molar-refractivity contribution < 1.29 is 23.9 Å². The lowest BCUT2D eigenvalue weighted by Gasteiger charge is -2.17. The van der Waals surface area contributed by atoms with Crippen LogP contribution in [0.4, 0.5) is 0 Å². The Hall–Kier alpha value is -1.43. The van der Waals surface area contributed by atoms with Crippen LogP contribution in [0, 0.1) is 5.92 Å². The van der Waals surface area contributed by atoms with Gasteiger partial charge in [-0.15, -0.1) is 0 Å². The first kappa shape index (κ1) is 15.6. The van der Waals surface area contributed by atoms with E-state index < -0.39 is 24.1 Å². The summed E-state index contributed by atoms with van der Waals surface area (Å²) in [6.45, 7) is 5.37. The van der Waals surface area contributed by atoms with Crippen molar-refractivity contribution in [2.24, 2.45) is 11.7 Å². The number of hydrogen-bond donors (Lipinski definition) is 1. The molecule has 0 aromatic heterocycles. The molecular weight excluding hydrogens is 226 g/mol. The van der Waals surface area contributed by atoms with Crippen molar-refractivity contribution >= 4 is 18.2 Å². The smallest absolute Gasteiger partial charge is 0.323 e. The van der Waals surface area contributed by atoms with Crippen molar-refractivity contribution in [3.05, 3.63) is 0 Å². The molecule has 0 aliphatic rings. The SMILES string of the molecule is CCOC(=O)CC(C=O)OC(=O)[C@@H](N)C(C)C. The summed E-state index contributed by atoms with van der Waals surface area (Å²) in [7, 11) is 0. The number of rotatable bonds is 7. The fourth-order valence-electron chi connectivity index (χ4n) is 1.00. The molecular formula is C11H19NO5. The molecule has 0 fully saturated rings. The fraction of sp³-hybridized carbons (Fsp3) is 0.727. The molecule has 0 aliphatic carbocycles. The summed E-state index contributed by atoms with van der Waals surface area (Å²) in [4.78, 5) is 33.2. The molecule has 6 heteroatoms. The van der Waals surface area contributed by atoms with Gasteiger partial charge in [-0.3, -0.25) is 14.4 Å². The van der Waals surface area contributed by atoms with Crippen LogP contribution in [-0.4, -0.2) is 37.0 Å². The predicted molar refractivity (Wildman–Crippen MR) is 60.0 cm³/mol. The van der Waals surface area contributed by atoms with Crippen LogP contribution >= 0.6 is 0 Å². The third-order valence-corrected chi connectivity index (χ3v) is 2.08. The van der Waals surface area contributed by atoms with Gasteiger partial charge in [-0.25, -0.2) is 0 Å². The Morgan fingerprint density at radius 3 is 2.35 bits per heavy atom. The zero-order valence-corrected chi connectivity index (χ0v) is 10.3. The molecule has 0 saturated heterocycles. The molecule has 0 amide bonds. The summed E-state index contributed by atoms with van der Waals surface area (Å²) in [6, 6.07) is -0.806. The van der Waals surface area contributed by atoms with Crippen molar-refractivity contribution in [3.63, 3.8) is 0 Å². The average molecular weight is 245 g/mol. The van der Waals surface area contributed by atoms with Gasteiger partial charge in [0.2, 0.25) is 0 Å². The molecule has 0 spiro atoms. The summed E-state index contributed by atoms with van der Waals surface area (Å²) < 4.78 is 9.45. The lowest BCUT2D eigenvalue weighted by molar-refractivity contribution is -0.158. The van der Waals surface area contributed by atoms with Gasteiger partial charge in [-0.05, 0) is 12.8 Å². The molecule has 6 nitrogen and oxygen atoms in total. The standard InChI is InChI=1S/C11H19NO5/c1-4-16-9(14)5-8(6-13)17-11(15)10(12)7(2)3/h6-8,10H,4-5,12H2,1-3H3/t8?,10-/m0/s1. The van der Waals surface area contributed by atoms with Crippen LogP contribution in [-0.2, 0) is 23.9 Å². The largest absolute Gasteiger partial charge is 0.466 e. The number of aldehydes is 1. The van der Waals surface area contributed by atoms with Gasteiger partial charge in [-0.1, -0.05) is 13.8 Å². The molecule has 17 heavy (non-hydrogen) atoms. The molecule has 0 saturated carbocycles. The Kier molecular flexibility index (Phi) is 7.13. The first-order valence-electron chi connectivity index (χ1n) is 5.49. The molecule has 98 valence electrons. The van der Waals surface area contributed by atoms with Crippen molar-refractivity contribution in [2.75, 3.05) is 6.61 Å². The van der Waals surface area contributed by atoms with E-state index in [4.69, 9.17) is 10.5 Å². The fourth-order valence-corrected chi connectivity index (χ4v) is 1.00.